The first-order chi connectivity index (χ1) is 8.95. The van der Waals surface area contributed by atoms with E-state index in [1.54, 1.807) is 11.0 Å². The van der Waals surface area contributed by atoms with E-state index in [9.17, 15) is 9.59 Å². The number of aromatic carboxylic acids is 1. The van der Waals surface area contributed by atoms with Crippen molar-refractivity contribution < 1.29 is 19.1 Å². The van der Waals surface area contributed by atoms with Crippen molar-refractivity contribution in [2.45, 2.75) is 26.4 Å². The molecule has 0 aliphatic carbocycles. The fourth-order valence-corrected chi connectivity index (χ4v) is 1.52. The number of hydrogen-bond donors (Lipinski definition) is 2. The van der Waals surface area contributed by atoms with Gasteiger partial charge in [-0.25, -0.2) is 9.59 Å². The van der Waals surface area contributed by atoms with Crippen LogP contribution >= 0.6 is 0 Å². The summed E-state index contributed by atoms with van der Waals surface area (Å²) in [7, 11) is 0. The van der Waals surface area contributed by atoms with Crippen molar-refractivity contribution in [2.24, 2.45) is 0 Å². The van der Waals surface area contributed by atoms with Gasteiger partial charge in [-0.05, 0) is 26.0 Å². The van der Waals surface area contributed by atoms with E-state index >= 15 is 0 Å². The lowest BCUT2D eigenvalue weighted by atomic mass is 10.3. The van der Waals surface area contributed by atoms with Gasteiger partial charge in [0.2, 0.25) is 5.76 Å². The number of hydrogen-bond acceptors (Lipinski definition) is 3. The van der Waals surface area contributed by atoms with Gasteiger partial charge in [0, 0.05) is 12.6 Å². The Kier molecular flexibility index (Phi) is 5.17. The van der Waals surface area contributed by atoms with E-state index in [-0.39, 0.29) is 24.4 Å². The Labute approximate surface area is 111 Å². The predicted molar refractivity (Wildman–Crippen MR) is 69.9 cm³/mol. The van der Waals surface area contributed by atoms with Crippen LogP contribution in [0, 0.1) is 0 Å². The number of carbonyl (C=O) groups is 2. The highest BCUT2D eigenvalue weighted by molar-refractivity contribution is 5.84. The van der Waals surface area contributed by atoms with Gasteiger partial charge >= 0.3 is 12.0 Å². The average molecular weight is 266 g/mol. The molecule has 1 heterocycles. The van der Waals surface area contributed by atoms with Crippen LogP contribution in [-0.4, -0.2) is 34.6 Å². The molecule has 0 spiro atoms. The zero-order valence-corrected chi connectivity index (χ0v) is 11.0. The monoisotopic (exact) mass is 266 g/mol. The quantitative estimate of drug-likeness (QED) is 0.772. The number of amides is 2. The Morgan fingerprint density at radius 2 is 2.21 bits per heavy atom. The summed E-state index contributed by atoms with van der Waals surface area (Å²) in [4.78, 5) is 24.1. The molecule has 2 amide bonds. The molecule has 0 aromatic carbocycles. The van der Waals surface area contributed by atoms with Crippen molar-refractivity contribution in [3.05, 3.63) is 36.3 Å². The smallest absolute Gasteiger partial charge is 0.371 e. The maximum absolute atomic E-state index is 11.9. The van der Waals surface area contributed by atoms with Gasteiger partial charge in [-0.2, -0.15) is 0 Å². The number of nitrogens with one attached hydrogen (secondary N) is 1. The Bertz CT molecular complexity index is 465. The molecular formula is C13H18N2O4. The molecule has 6 heteroatoms. The van der Waals surface area contributed by atoms with E-state index < -0.39 is 5.97 Å². The van der Waals surface area contributed by atoms with Crippen LogP contribution in [0.25, 0.3) is 0 Å². The van der Waals surface area contributed by atoms with Gasteiger partial charge in [0.15, 0.2) is 0 Å². The Morgan fingerprint density at radius 3 is 2.68 bits per heavy atom. The zero-order valence-electron chi connectivity index (χ0n) is 11.0. The van der Waals surface area contributed by atoms with Gasteiger partial charge < -0.3 is 19.7 Å². The van der Waals surface area contributed by atoms with Crippen molar-refractivity contribution in [3.8, 4) is 0 Å². The van der Waals surface area contributed by atoms with E-state index in [1.165, 1.54) is 12.1 Å². The number of rotatable bonds is 6. The number of carbonyl (C=O) groups excluding carboxylic acids is 1. The van der Waals surface area contributed by atoms with Gasteiger partial charge in [0.1, 0.15) is 5.76 Å². The van der Waals surface area contributed by atoms with Crippen LogP contribution in [0.2, 0.25) is 0 Å². The Hall–Kier alpha value is -2.24. The van der Waals surface area contributed by atoms with Crippen LogP contribution in [0.5, 0.6) is 0 Å². The molecule has 0 fully saturated rings. The molecule has 0 bridgehead atoms. The van der Waals surface area contributed by atoms with Crippen LogP contribution in [0.3, 0.4) is 0 Å². The average Bonchev–Trinajstić information content (AvgIpc) is 2.81. The van der Waals surface area contributed by atoms with Gasteiger partial charge in [-0.3, -0.25) is 0 Å². The molecule has 1 rings (SSSR count). The van der Waals surface area contributed by atoms with E-state index in [0.29, 0.717) is 12.3 Å². The Balaban J connectivity index is 2.56. The second kappa shape index (κ2) is 6.63. The fraction of sp³-hybridized carbons (Fsp3) is 0.385. The first-order valence-corrected chi connectivity index (χ1v) is 5.93. The van der Waals surface area contributed by atoms with Gasteiger partial charge in [0.25, 0.3) is 0 Å². The molecule has 0 saturated heterocycles. The van der Waals surface area contributed by atoms with Crippen LogP contribution in [0.1, 0.15) is 30.2 Å². The van der Waals surface area contributed by atoms with Crippen LogP contribution in [0.15, 0.2) is 29.2 Å². The molecule has 0 aliphatic heterocycles. The first kappa shape index (κ1) is 14.8. The SMILES string of the molecule is C=CCN(C(=O)NCc1ccc(C(=O)O)o1)C(C)C. The molecule has 1 aromatic heterocycles. The highest BCUT2D eigenvalue weighted by atomic mass is 16.4. The molecule has 1 aromatic rings. The van der Waals surface area contributed by atoms with Crippen LogP contribution in [0.4, 0.5) is 4.79 Å². The number of furan rings is 1. The van der Waals surface area contributed by atoms with Crippen molar-refractivity contribution in [1.29, 1.82) is 0 Å². The molecule has 0 saturated carbocycles. The third kappa shape index (κ3) is 4.17. The van der Waals surface area contributed by atoms with Crippen LogP contribution < -0.4 is 5.32 Å². The minimum absolute atomic E-state index is 0.0455. The standard InChI is InChI=1S/C13H18N2O4/c1-4-7-15(9(2)3)13(18)14-8-10-5-6-11(19-10)12(16)17/h4-6,9H,1,7-8H2,2-3H3,(H,14,18)(H,16,17). The number of carboxylic acids is 1. The third-order valence-corrected chi connectivity index (χ3v) is 2.50. The fourth-order valence-electron chi connectivity index (χ4n) is 1.52. The van der Waals surface area contributed by atoms with Crippen molar-refractivity contribution in [1.82, 2.24) is 10.2 Å². The van der Waals surface area contributed by atoms with Gasteiger partial charge in [0.05, 0.1) is 6.54 Å². The third-order valence-electron chi connectivity index (χ3n) is 2.50. The highest BCUT2D eigenvalue weighted by Crippen LogP contribution is 2.08. The topological polar surface area (TPSA) is 82.8 Å². The summed E-state index contributed by atoms with van der Waals surface area (Å²) in [5.41, 5.74) is 0. The lowest BCUT2D eigenvalue weighted by Crippen LogP contribution is -2.43. The zero-order chi connectivity index (χ0) is 14.4. The summed E-state index contributed by atoms with van der Waals surface area (Å²) >= 11 is 0. The maximum atomic E-state index is 11.9. The molecule has 0 atom stereocenters. The molecule has 104 valence electrons. The summed E-state index contributed by atoms with van der Waals surface area (Å²) in [6.45, 7) is 8.00. The summed E-state index contributed by atoms with van der Waals surface area (Å²) in [6.07, 6.45) is 1.65. The highest BCUT2D eigenvalue weighted by Gasteiger charge is 2.16. The molecule has 6 nitrogen and oxygen atoms in total. The first-order valence-electron chi connectivity index (χ1n) is 5.93. The molecule has 19 heavy (non-hydrogen) atoms. The Morgan fingerprint density at radius 1 is 1.53 bits per heavy atom. The summed E-state index contributed by atoms with van der Waals surface area (Å²) < 4.78 is 5.04. The molecule has 0 aliphatic rings. The number of carboxylic acid groups (broad SMARTS) is 1. The predicted octanol–water partition coefficient (Wildman–Crippen LogP) is 2.08. The molecule has 0 radical (unpaired) electrons. The number of nitrogens with zero attached hydrogens (tertiary/aromatic N) is 1. The molecule has 2 N–H and O–H groups in total. The van der Waals surface area contributed by atoms with Gasteiger partial charge in [-0.15, -0.1) is 6.58 Å². The summed E-state index contributed by atoms with van der Waals surface area (Å²) in [6, 6.07) is 2.68. The number of urea groups is 1. The van der Waals surface area contributed by atoms with E-state index in [2.05, 4.69) is 11.9 Å². The van der Waals surface area contributed by atoms with Crippen molar-refractivity contribution in [2.75, 3.05) is 6.54 Å². The second-order valence-corrected chi connectivity index (χ2v) is 4.26. The van der Waals surface area contributed by atoms with Crippen LogP contribution in [-0.2, 0) is 6.54 Å². The van der Waals surface area contributed by atoms with E-state index in [0.717, 1.165) is 0 Å². The maximum Gasteiger partial charge on any atom is 0.371 e. The van der Waals surface area contributed by atoms with E-state index in [1.807, 2.05) is 13.8 Å². The molecule has 0 unspecified atom stereocenters. The minimum atomic E-state index is -1.13. The largest absolute Gasteiger partial charge is 0.475 e. The normalized spacial score (nSPS) is 10.3. The lowest BCUT2D eigenvalue weighted by Gasteiger charge is -2.25. The van der Waals surface area contributed by atoms with E-state index in [4.69, 9.17) is 9.52 Å². The van der Waals surface area contributed by atoms with Gasteiger partial charge in [-0.1, -0.05) is 6.08 Å². The summed E-state index contributed by atoms with van der Waals surface area (Å²) in [5, 5.41) is 11.4. The van der Waals surface area contributed by atoms with Crippen molar-refractivity contribution in [3.63, 3.8) is 0 Å². The second-order valence-electron chi connectivity index (χ2n) is 4.26. The lowest BCUT2D eigenvalue weighted by molar-refractivity contribution is 0.0660. The van der Waals surface area contributed by atoms with Crippen molar-refractivity contribution >= 4 is 12.0 Å². The molecular weight excluding hydrogens is 248 g/mol. The summed E-state index contributed by atoms with van der Waals surface area (Å²) in [5.74, 6) is -0.878. The minimum Gasteiger partial charge on any atom is -0.475 e.